The summed E-state index contributed by atoms with van der Waals surface area (Å²) in [5, 5.41) is 11.2. The number of nitrogens with zero attached hydrogens (tertiary/aromatic N) is 2. The second-order valence-electron chi connectivity index (χ2n) is 5.56. The Balaban J connectivity index is 0.00000192. The molecule has 2 aromatic rings. The number of nitrogens with one attached hydrogen (secondary N) is 2. The van der Waals surface area contributed by atoms with Crippen LogP contribution in [0.5, 0.6) is 0 Å². The summed E-state index contributed by atoms with van der Waals surface area (Å²) in [6, 6.07) is 7.71. The Morgan fingerprint density at radius 1 is 1.35 bits per heavy atom. The molecule has 0 aliphatic carbocycles. The summed E-state index contributed by atoms with van der Waals surface area (Å²) >= 11 is 5.88. The van der Waals surface area contributed by atoms with Gasteiger partial charge in [0.2, 0.25) is 0 Å². The molecule has 1 amide bonds. The first kappa shape index (κ1) is 17.8. The molecule has 0 atom stereocenters. The zero-order chi connectivity index (χ0) is 15.5. The van der Waals surface area contributed by atoms with Gasteiger partial charge in [-0.15, -0.1) is 12.4 Å². The van der Waals surface area contributed by atoms with Crippen molar-refractivity contribution >= 4 is 29.9 Å². The number of carbonyl (C=O) groups excluding carboxylic acids is 1. The third kappa shape index (κ3) is 4.05. The fourth-order valence-corrected chi connectivity index (χ4v) is 2.76. The maximum absolute atomic E-state index is 12.5. The molecule has 0 radical (unpaired) electrons. The molecule has 0 fully saturated rings. The van der Waals surface area contributed by atoms with E-state index in [1.54, 1.807) is 4.90 Å². The van der Waals surface area contributed by atoms with E-state index in [1.807, 2.05) is 31.3 Å². The minimum absolute atomic E-state index is 0. The van der Waals surface area contributed by atoms with Crippen LogP contribution in [0.3, 0.4) is 0 Å². The van der Waals surface area contributed by atoms with Gasteiger partial charge in [-0.1, -0.05) is 23.7 Å². The molecular formula is C16H20Cl2N4O. The molecule has 2 N–H and O–H groups in total. The summed E-state index contributed by atoms with van der Waals surface area (Å²) in [4.78, 5) is 14.3. The predicted molar refractivity (Wildman–Crippen MR) is 93.4 cm³/mol. The van der Waals surface area contributed by atoms with E-state index in [2.05, 4.69) is 15.5 Å². The van der Waals surface area contributed by atoms with Crippen molar-refractivity contribution in [2.75, 3.05) is 20.1 Å². The van der Waals surface area contributed by atoms with E-state index in [9.17, 15) is 4.79 Å². The first-order chi connectivity index (χ1) is 10.6. The second kappa shape index (κ2) is 7.81. The molecule has 0 saturated carbocycles. The normalized spacial score (nSPS) is 13.1. The Bertz CT molecular complexity index is 669. The van der Waals surface area contributed by atoms with Crippen molar-refractivity contribution in [2.45, 2.75) is 19.4 Å². The van der Waals surface area contributed by atoms with Crippen LogP contribution >= 0.6 is 24.0 Å². The Labute approximate surface area is 146 Å². The van der Waals surface area contributed by atoms with Crippen LogP contribution in [0.2, 0.25) is 5.02 Å². The lowest BCUT2D eigenvalue weighted by atomic mass is 10.1. The number of H-pyrrole nitrogens is 1. The number of fused-ring (bicyclic) bond motifs is 1. The van der Waals surface area contributed by atoms with Gasteiger partial charge in [0.1, 0.15) is 0 Å². The average Bonchev–Trinajstić information content (AvgIpc) is 2.97. The molecule has 1 aliphatic heterocycles. The van der Waals surface area contributed by atoms with Crippen molar-refractivity contribution in [1.82, 2.24) is 20.4 Å². The van der Waals surface area contributed by atoms with Crippen molar-refractivity contribution < 1.29 is 4.79 Å². The smallest absolute Gasteiger partial charge is 0.274 e. The quantitative estimate of drug-likeness (QED) is 0.886. The van der Waals surface area contributed by atoms with Gasteiger partial charge in [0.25, 0.3) is 5.91 Å². The number of aromatic amines is 1. The highest BCUT2D eigenvalue weighted by atomic mass is 35.5. The molecular weight excluding hydrogens is 335 g/mol. The van der Waals surface area contributed by atoms with Gasteiger partial charge in [-0.25, -0.2) is 0 Å². The van der Waals surface area contributed by atoms with E-state index in [-0.39, 0.29) is 18.3 Å². The number of benzene rings is 1. The molecule has 23 heavy (non-hydrogen) atoms. The maximum atomic E-state index is 12.5. The van der Waals surface area contributed by atoms with Gasteiger partial charge in [0.15, 0.2) is 5.69 Å². The van der Waals surface area contributed by atoms with Crippen LogP contribution < -0.4 is 5.32 Å². The van der Waals surface area contributed by atoms with Crippen LogP contribution in [0.1, 0.15) is 27.3 Å². The molecule has 0 bridgehead atoms. The summed E-state index contributed by atoms with van der Waals surface area (Å²) in [6.07, 6.45) is 1.69. The predicted octanol–water partition coefficient (Wildman–Crippen LogP) is 2.45. The molecule has 5 nitrogen and oxygen atoms in total. The summed E-state index contributed by atoms with van der Waals surface area (Å²) < 4.78 is 0. The third-order valence-corrected chi connectivity index (χ3v) is 4.26. The molecule has 3 rings (SSSR count). The lowest BCUT2D eigenvalue weighted by molar-refractivity contribution is 0.0789. The van der Waals surface area contributed by atoms with Crippen molar-refractivity contribution in [2.24, 2.45) is 0 Å². The SMILES string of the molecule is CN(CCc1ccc(Cl)cc1)C(=O)c1n[nH]c2c1CNCC2.Cl. The summed E-state index contributed by atoms with van der Waals surface area (Å²) in [6.45, 7) is 2.28. The molecule has 1 aromatic carbocycles. The maximum Gasteiger partial charge on any atom is 0.274 e. The Hall–Kier alpha value is -1.56. The minimum atomic E-state index is -0.0323. The number of carbonyl (C=O) groups is 1. The van der Waals surface area contributed by atoms with E-state index >= 15 is 0 Å². The number of hydrogen-bond donors (Lipinski definition) is 2. The van der Waals surface area contributed by atoms with Crippen molar-refractivity contribution in [1.29, 1.82) is 0 Å². The van der Waals surface area contributed by atoms with E-state index in [4.69, 9.17) is 11.6 Å². The molecule has 0 unspecified atom stereocenters. The zero-order valence-corrected chi connectivity index (χ0v) is 14.5. The largest absolute Gasteiger partial charge is 0.340 e. The van der Waals surface area contributed by atoms with Gasteiger partial charge in [-0.05, 0) is 24.1 Å². The van der Waals surface area contributed by atoms with Crippen molar-refractivity contribution in [3.8, 4) is 0 Å². The summed E-state index contributed by atoms with van der Waals surface area (Å²) in [5.41, 5.74) is 3.79. The Kier molecular flexibility index (Phi) is 6.04. The second-order valence-corrected chi connectivity index (χ2v) is 6.00. The van der Waals surface area contributed by atoms with E-state index in [1.165, 1.54) is 0 Å². The highest BCUT2D eigenvalue weighted by Crippen LogP contribution is 2.17. The van der Waals surface area contributed by atoms with E-state index in [0.29, 0.717) is 18.8 Å². The van der Waals surface area contributed by atoms with Crippen LogP contribution in [0, 0.1) is 0 Å². The summed E-state index contributed by atoms with van der Waals surface area (Å²) in [5.74, 6) is -0.0323. The van der Waals surface area contributed by atoms with Crippen molar-refractivity contribution in [3.63, 3.8) is 0 Å². The van der Waals surface area contributed by atoms with E-state index < -0.39 is 0 Å². The number of aromatic nitrogens is 2. The van der Waals surface area contributed by atoms with Gasteiger partial charge < -0.3 is 10.2 Å². The topological polar surface area (TPSA) is 61.0 Å². The lowest BCUT2D eigenvalue weighted by Gasteiger charge is -2.18. The Morgan fingerprint density at radius 2 is 2.09 bits per heavy atom. The average molecular weight is 355 g/mol. The number of amides is 1. The van der Waals surface area contributed by atoms with Gasteiger partial charge in [-0.3, -0.25) is 9.89 Å². The monoisotopic (exact) mass is 354 g/mol. The van der Waals surface area contributed by atoms with Crippen LogP contribution in [0.4, 0.5) is 0 Å². The highest BCUT2D eigenvalue weighted by molar-refractivity contribution is 6.30. The van der Waals surface area contributed by atoms with Crippen LogP contribution in [-0.2, 0) is 19.4 Å². The summed E-state index contributed by atoms with van der Waals surface area (Å²) in [7, 11) is 1.82. The molecule has 2 heterocycles. The minimum Gasteiger partial charge on any atom is -0.340 e. The highest BCUT2D eigenvalue weighted by Gasteiger charge is 2.23. The number of likely N-dealkylation sites (N-methyl/N-ethyl adjacent to an activating group) is 1. The third-order valence-electron chi connectivity index (χ3n) is 4.00. The number of rotatable bonds is 4. The van der Waals surface area contributed by atoms with Gasteiger partial charge in [0, 0.05) is 49.4 Å². The standard InChI is InChI=1S/C16H19ClN4O.ClH/c1-21(9-7-11-2-4-12(17)5-3-11)16(22)15-13-10-18-8-6-14(13)19-20-15;/h2-5,18H,6-10H2,1H3,(H,19,20);1H. The van der Waals surface area contributed by atoms with E-state index in [0.717, 1.165) is 41.2 Å². The van der Waals surface area contributed by atoms with Gasteiger partial charge >= 0.3 is 0 Å². The fourth-order valence-electron chi connectivity index (χ4n) is 2.63. The molecule has 124 valence electrons. The molecule has 1 aromatic heterocycles. The van der Waals surface area contributed by atoms with Crippen molar-refractivity contribution in [3.05, 3.63) is 51.8 Å². The number of halogens is 2. The first-order valence-electron chi connectivity index (χ1n) is 7.42. The first-order valence-corrected chi connectivity index (χ1v) is 7.79. The molecule has 1 aliphatic rings. The lowest BCUT2D eigenvalue weighted by Crippen LogP contribution is -2.31. The van der Waals surface area contributed by atoms with Crippen LogP contribution in [-0.4, -0.2) is 41.1 Å². The molecule has 0 spiro atoms. The van der Waals surface area contributed by atoms with Gasteiger partial charge in [0.05, 0.1) is 0 Å². The molecule has 0 saturated heterocycles. The van der Waals surface area contributed by atoms with Crippen LogP contribution in [0.25, 0.3) is 0 Å². The molecule has 7 heteroatoms. The zero-order valence-electron chi connectivity index (χ0n) is 12.9. The van der Waals surface area contributed by atoms with Gasteiger partial charge in [-0.2, -0.15) is 5.10 Å². The fraction of sp³-hybridized carbons (Fsp3) is 0.375. The van der Waals surface area contributed by atoms with Crippen LogP contribution in [0.15, 0.2) is 24.3 Å². The number of hydrogen-bond acceptors (Lipinski definition) is 3. The Morgan fingerprint density at radius 3 is 2.83 bits per heavy atom.